The van der Waals surface area contributed by atoms with Crippen LogP contribution in [0.5, 0.6) is 0 Å². The second-order valence-electron chi connectivity index (χ2n) is 12.2. The van der Waals surface area contributed by atoms with E-state index in [9.17, 15) is 18.0 Å². The van der Waals surface area contributed by atoms with Gasteiger partial charge in [-0.2, -0.15) is 0 Å². The molecule has 0 aliphatic heterocycles. The Bertz CT molecular complexity index is 1550. The molecule has 0 radical (unpaired) electrons. The molecular formula is C31H42N6O5S2. The molecule has 0 fully saturated rings. The van der Waals surface area contributed by atoms with E-state index in [4.69, 9.17) is 17.0 Å². The molecule has 3 rings (SSSR count). The van der Waals surface area contributed by atoms with Crippen LogP contribution in [0.3, 0.4) is 0 Å². The third-order valence-electron chi connectivity index (χ3n) is 6.28. The molecule has 0 saturated heterocycles. The molecule has 0 saturated carbocycles. The van der Waals surface area contributed by atoms with E-state index in [1.165, 1.54) is 5.56 Å². The van der Waals surface area contributed by atoms with Gasteiger partial charge in [-0.3, -0.25) is 9.52 Å². The van der Waals surface area contributed by atoms with E-state index >= 15 is 0 Å². The average Bonchev–Trinajstić information content (AvgIpc) is 3.32. The quantitative estimate of drug-likeness (QED) is 0.194. The van der Waals surface area contributed by atoms with Gasteiger partial charge in [0.1, 0.15) is 21.9 Å². The number of nitrogens with one attached hydrogen (secondary N) is 4. The minimum atomic E-state index is -3.39. The standard InChI is InChI=1S/C31H42N6O5S2/c1-30(2,3)42-29(39)35-31(4,5)28(38)33-25(17-11-14-22-12-8-7-9-13-22)27(43)34-26-20-37(21-32-26)19-23-15-10-16-24(18-23)36-44(6,40)41/h7-10,12-13,15-16,18,20-21,25,36H,11,14,17,19H2,1-6H3,(H,33,38)(H,34,43)(H,35,39)/t25-/m1/s1. The number of anilines is 2. The summed E-state index contributed by atoms with van der Waals surface area (Å²) in [5, 5.41) is 8.79. The molecule has 4 N–H and O–H groups in total. The van der Waals surface area contributed by atoms with E-state index in [1.807, 2.05) is 28.8 Å². The number of hydrogen-bond acceptors (Lipinski definition) is 7. The number of aryl methyl sites for hydroxylation is 1. The Morgan fingerprint density at radius 1 is 1.02 bits per heavy atom. The monoisotopic (exact) mass is 642 g/mol. The van der Waals surface area contributed by atoms with Crippen molar-refractivity contribution >= 4 is 50.7 Å². The Hall–Kier alpha value is -3.97. The van der Waals surface area contributed by atoms with Crippen LogP contribution in [0.1, 0.15) is 58.6 Å². The molecule has 0 unspecified atom stereocenters. The average molecular weight is 643 g/mol. The van der Waals surface area contributed by atoms with Crippen LogP contribution in [0.2, 0.25) is 0 Å². The topological polar surface area (TPSA) is 143 Å². The van der Waals surface area contributed by atoms with Crippen LogP contribution in [0, 0.1) is 0 Å². The van der Waals surface area contributed by atoms with Gasteiger partial charge in [0.2, 0.25) is 15.9 Å². The number of rotatable bonds is 13. The van der Waals surface area contributed by atoms with Crippen molar-refractivity contribution in [3.63, 3.8) is 0 Å². The normalized spacial score (nSPS) is 12.6. The van der Waals surface area contributed by atoms with Gasteiger partial charge in [-0.1, -0.05) is 54.7 Å². The lowest BCUT2D eigenvalue weighted by molar-refractivity contribution is -0.126. The van der Waals surface area contributed by atoms with E-state index in [0.29, 0.717) is 29.5 Å². The molecule has 3 aromatic rings. The third kappa shape index (κ3) is 12.0. The SMILES string of the molecule is CC(C)(C)OC(=O)NC(C)(C)C(=O)N[C@H](CCCc1ccccc1)C(=S)Nc1cn(Cc2cccc(NS(C)(=O)=O)c2)cn1. The lowest BCUT2D eigenvalue weighted by Crippen LogP contribution is -2.58. The molecule has 44 heavy (non-hydrogen) atoms. The fourth-order valence-electron chi connectivity index (χ4n) is 4.26. The van der Waals surface area contributed by atoms with Gasteiger partial charge in [0.15, 0.2) is 0 Å². The van der Waals surface area contributed by atoms with Crippen molar-refractivity contribution in [2.75, 3.05) is 16.3 Å². The number of carbonyl (C=O) groups is 2. The van der Waals surface area contributed by atoms with Crippen molar-refractivity contribution < 1.29 is 22.7 Å². The van der Waals surface area contributed by atoms with Crippen molar-refractivity contribution in [1.29, 1.82) is 0 Å². The highest BCUT2D eigenvalue weighted by atomic mass is 32.2. The zero-order valence-electron chi connectivity index (χ0n) is 26.0. The Kier molecular flexibility index (Phi) is 11.5. The van der Waals surface area contributed by atoms with Gasteiger partial charge in [-0.15, -0.1) is 0 Å². The second-order valence-corrected chi connectivity index (χ2v) is 14.3. The molecule has 1 aromatic heterocycles. The van der Waals surface area contributed by atoms with Gasteiger partial charge < -0.3 is 25.3 Å². The highest BCUT2D eigenvalue weighted by Crippen LogP contribution is 2.16. The van der Waals surface area contributed by atoms with Crippen molar-refractivity contribution in [2.24, 2.45) is 0 Å². The Balaban J connectivity index is 1.69. The molecule has 1 atom stereocenters. The maximum Gasteiger partial charge on any atom is 0.408 e. The van der Waals surface area contributed by atoms with E-state index in [-0.39, 0.29) is 0 Å². The Labute approximate surface area is 265 Å². The number of imidazole rings is 1. The van der Waals surface area contributed by atoms with Gasteiger partial charge in [-0.25, -0.2) is 18.2 Å². The molecule has 238 valence electrons. The highest BCUT2D eigenvalue weighted by Gasteiger charge is 2.33. The first-order valence-corrected chi connectivity index (χ1v) is 16.5. The van der Waals surface area contributed by atoms with E-state index in [0.717, 1.165) is 24.7 Å². The van der Waals surface area contributed by atoms with Crippen molar-refractivity contribution in [1.82, 2.24) is 20.2 Å². The number of ether oxygens (including phenoxy) is 1. The zero-order valence-corrected chi connectivity index (χ0v) is 27.6. The summed E-state index contributed by atoms with van der Waals surface area (Å²) in [4.78, 5) is 30.5. The van der Waals surface area contributed by atoms with Gasteiger partial charge in [0, 0.05) is 18.4 Å². The van der Waals surface area contributed by atoms with Gasteiger partial charge in [-0.05, 0) is 77.1 Å². The van der Waals surface area contributed by atoms with Crippen LogP contribution >= 0.6 is 12.2 Å². The zero-order chi connectivity index (χ0) is 32.5. The predicted octanol–water partition coefficient (Wildman–Crippen LogP) is 4.85. The molecular weight excluding hydrogens is 601 g/mol. The van der Waals surface area contributed by atoms with Crippen LogP contribution < -0.4 is 20.7 Å². The largest absolute Gasteiger partial charge is 0.444 e. The van der Waals surface area contributed by atoms with Crippen LogP contribution in [-0.4, -0.2) is 58.4 Å². The van der Waals surface area contributed by atoms with Crippen LogP contribution in [0.15, 0.2) is 67.1 Å². The molecule has 2 amide bonds. The van der Waals surface area contributed by atoms with E-state index < -0.39 is 39.2 Å². The fraction of sp³-hybridized carbons (Fsp3) is 0.419. The summed E-state index contributed by atoms with van der Waals surface area (Å²) in [6.45, 7) is 8.91. The number of alkyl carbamates (subject to hydrolysis) is 1. The summed E-state index contributed by atoms with van der Waals surface area (Å²) in [6.07, 6.45) is 5.93. The second kappa shape index (κ2) is 14.7. The smallest absolute Gasteiger partial charge is 0.408 e. The molecule has 11 nitrogen and oxygen atoms in total. The summed E-state index contributed by atoms with van der Waals surface area (Å²) in [6, 6.07) is 16.6. The van der Waals surface area contributed by atoms with Crippen molar-refractivity contribution in [2.45, 2.75) is 77.6 Å². The lowest BCUT2D eigenvalue weighted by Gasteiger charge is -2.30. The summed E-state index contributed by atoms with van der Waals surface area (Å²) in [5.41, 5.74) is 0.552. The maximum absolute atomic E-state index is 13.4. The number of hydrogen-bond donors (Lipinski definition) is 4. The van der Waals surface area contributed by atoms with Crippen molar-refractivity contribution in [3.8, 4) is 0 Å². The summed E-state index contributed by atoms with van der Waals surface area (Å²) >= 11 is 5.74. The Morgan fingerprint density at radius 3 is 2.36 bits per heavy atom. The number of nitrogens with zero attached hydrogens (tertiary/aromatic N) is 2. The number of thiocarbonyl (C=S) groups is 1. The lowest BCUT2D eigenvalue weighted by atomic mass is 10.0. The predicted molar refractivity (Wildman–Crippen MR) is 177 cm³/mol. The van der Waals surface area contributed by atoms with Crippen LogP contribution in [0.25, 0.3) is 0 Å². The van der Waals surface area contributed by atoms with E-state index in [2.05, 4.69) is 37.8 Å². The third-order valence-corrected chi connectivity index (χ3v) is 7.28. The molecule has 13 heteroatoms. The highest BCUT2D eigenvalue weighted by molar-refractivity contribution is 7.92. The van der Waals surface area contributed by atoms with Gasteiger partial charge in [0.25, 0.3) is 0 Å². The Morgan fingerprint density at radius 2 is 1.70 bits per heavy atom. The molecule has 0 aliphatic carbocycles. The van der Waals surface area contributed by atoms with E-state index in [1.54, 1.807) is 65.3 Å². The first-order valence-electron chi connectivity index (χ1n) is 14.2. The van der Waals surface area contributed by atoms with Gasteiger partial charge >= 0.3 is 6.09 Å². The number of carbonyl (C=O) groups excluding carboxylic acids is 2. The summed E-state index contributed by atoms with van der Waals surface area (Å²) < 4.78 is 32.8. The minimum absolute atomic E-state index is 0.379. The molecule has 2 aromatic carbocycles. The van der Waals surface area contributed by atoms with Crippen molar-refractivity contribution in [3.05, 3.63) is 78.2 Å². The van der Waals surface area contributed by atoms with Gasteiger partial charge in [0.05, 0.1) is 18.6 Å². The minimum Gasteiger partial charge on any atom is -0.444 e. The molecule has 0 spiro atoms. The molecule has 1 heterocycles. The fourth-order valence-corrected chi connectivity index (χ4v) is 5.10. The maximum atomic E-state index is 13.4. The molecule has 0 bridgehead atoms. The van der Waals surface area contributed by atoms with Crippen LogP contribution in [-0.2, 0) is 32.5 Å². The first kappa shape index (κ1) is 34.5. The van der Waals surface area contributed by atoms with Crippen LogP contribution in [0.4, 0.5) is 16.3 Å². The molecule has 0 aliphatic rings. The first-order chi connectivity index (χ1) is 20.5. The number of benzene rings is 2. The number of sulfonamides is 1. The number of amides is 2. The number of aromatic nitrogens is 2. The summed E-state index contributed by atoms with van der Waals surface area (Å²) in [5.74, 6) is 0.0826. The summed E-state index contributed by atoms with van der Waals surface area (Å²) in [7, 11) is -3.39.